The van der Waals surface area contributed by atoms with Gasteiger partial charge in [0, 0.05) is 0 Å². The molecule has 0 rings (SSSR count). The van der Waals surface area contributed by atoms with Crippen LogP contribution in [0.3, 0.4) is 0 Å². The topological polar surface area (TPSA) is 0 Å². The van der Waals surface area contributed by atoms with Crippen LogP contribution in [0.5, 0.6) is 0 Å². The molecule has 49 valence electrons. The van der Waals surface area contributed by atoms with Crippen molar-refractivity contribution in [3.05, 3.63) is 0 Å². The van der Waals surface area contributed by atoms with Crippen LogP contribution in [0.15, 0.2) is 0 Å². The van der Waals surface area contributed by atoms with Crippen molar-refractivity contribution in [2.24, 2.45) is 0 Å². The standard InChI is InChI=1S/Ba.Er.5FH/h;;5*1H/q+2;+3;;;;;/p-5. The molecule has 0 aromatic rings. The van der Waals surface area contributed by atoms with Gasteiger partial charge in [0.25, 0.3) is 0 Å². The normalized spacial score (nSPS) is 0. The summed E-state index contributed by atoms with van der Waals surface area (Å²) in [5.41, 5.74) is 0. The summed E-state index contributed by atoms with van der Waals surface area (Å²) in [6, 6.07) is 0. The fourth-order valence-corrected chi connectivity index (χ4v) is 0. The summed E-state index contributed by atoms with van der Waals surface area (Å²) in [5.74, 6) is 0. The molecule has 7 heteroatoms. The third-order valence-corrected chi connectivity index (χ3v) is 0. The molecular formula is BaErF5. The van der Waals surface area contributed by atoms with E-state index in [9.17, 15) is 0 Å². The van der Waals surface area contributed by atoms with Crippen LogP contribution in [-0.4, -0.2) is 48.9 Å². The van der Waals surface area contributed by atoms with Gasteiger partial charge in [-0.1, -0.05) is 0 Å². The molecule has 1 radical (unpaired) electrons. The fraction of sp³-hybridized carbons (Fsp3) is 0. The molecule has 0 aliphatic carbocycles. The maximum absolute atomic E-state index is 0. The first-order valence-electron chi connectivity index (χ1n) is 0. The smallest absolute Gasteiger partial charge is 1.00 e. The number of hydrogen-bond donors (Lipinski definition) is 0. The summed E-state index contributed by atoms with van der Waals surface area (Å²) in [7, 11) is 0. The molecular weight excluding hydrogens is 400 g/mol. The second-order valence-electron chi connectivity index (χ2n) is 0. The summed E-state index contributed by atoms with van der Waals surface area (Å²) >= 11 is 0. The van der Waals surface area contributed by atoms with E-state index in [1.54, 1.807) is 0 Å². The van der Waals surface area contributed by atoms with E-state index in [2.05, 4.69) is 0 Å². The third-order valence-electron chi connectivity index (χ3n) is 0. The van der Waals surface area contributed by atoms with Gasteiger partial charge in [0.15, 0.2) is 0 Å². The predicted molar refractivity (Wildman–Crippen MR) is 5.75 cm³/mol. The van der Waals surface area contributed by atoms with E-state index in [1.807, 2.05) is 0 Å². The van der Waals surface area contributed by atoms with Crippen molar-refractivity contribution in [3.8, 4) is 0 Å². The second kappa shape index (κ2) is 77.5. The zero-order valence-corrected chi connectivity index (χ0v) is 9.18. The van der Waals surface area contributed by atoms with Crippen molar-refractivity contribution >= 4 is 48.9 Å². The van der Waals surface area contributed by atoms with Gasteiger partial charge in [0.1, 0.15) is 0 Å². The molecule has 0 atom stereocenters. The third kappa shape index (κ3) is 58.2. The summed E-state index contributed by atoms with van der Waals surface area (Å²) in [5, 5.41) is 0. The van der Waals surface area contributed by atoms with Gasteiger partial charge < -0.3 is 23.5 Å². The van der Waals surface area contributed by atoms with Crippen LogP contribution >= 0.6 is 0 Å². The van der Waals surface area contributed by atoms with E-state index in [4.69, 9.17) is 0 Å². The minimum Gasteiger partial charge on any atom is -1.00 e. The molecule has 0 unspecified atom stereocenters. The van der Waals surface area contributed by atoms with Crippen molar-refractivity contribution in [2.45, 2.75) is 0 Å². The van der Waals surface area contributed by atoms with Crippen LogP contribution in [0.25, 0.3) is 0 Å². The molecule has 7 heavy (non-hydrogen) atoms. The van der Waals surface area contributed by atoms with Crippen LogP contribution in [0.4, 0.5) is 0 Å². The molecule has 0 saturated carbocycles. The molecule has 0 fully saturated rings. The van der Waals surface area contributed by atoms with Crippen LogP contribution in [0.1, 0.15) is 0 Å². The van der Waals surface area contributed by atoms with E-state index in [-0.39, 0.29) is 110 Å². The number of hydrogen-bond acceptors (Lipinski definition) is 0. The van der Waals surface area contributed by atoms with Gasteiger partial charge in [0.2, 0.25) is 0 Å². The number of rotatable bonds is 0. The summed E-state index contributed by atoms with van der Waals surface area (Å²) < 4.78 is 0. The van der Waals surface area contributed by atoms with Gasteiger partial charge in [-0.2, -0.15) is 0 Å². The molecule has 0 N–H and O–H groups in total. The zero-order valence-electron chi connectivity index (χ0n) is 2.89. The molecule has 0 aromatic carbocycles. The van der Waals surface area contributed by atoms with Crippen molar-refractivity contribution < 1.29 is 60.8 Å². The maximum atomic E-state index is 0. The monoisotopic (exact) mass is 399 g/mol. The van der Waals surface area contributed by atoms with E-state index < -0.39 is 0 Å². The van der Waals surface area contributed by atoms with Crippen LogP contribution in [-0.2, 0) is 0 Å². The van der Waals surface area contributed by atoms with Gasteiger partial charge >= 0.3 is 86.2 Å². The van der Waals surface area contributed by atoms with Gasteiger partial charge in [0.05, 0.1) is 0 Å². The maximum Gasteiger partial charge on any atom is 3.00 e. The summed E-state index contributed by atoms with van der Waals surface area (Å²) in [4.78, 5) is 0. The van der Waals surface area contributed by atoms with Crippen molar-refractivity contribution in [1.29, 1.82) is 0 Å². The fourth-order valence-electron chi connectivity index (χ4n) is 0. The Labute approximate surface area is 107 Å². The molecule has 0 amide bonds. The minimum absolute atomic E-state index is 0. The molecule has 0 aromatic heterocycles. The molecule has 0 nitrogen and oxygen atoms in total. The average Bonchev–Trinajstić information content (AvgIpc) is 0. The molecule has 0 bridgehead atoms. The molecule has 0 aliphatic rings. The van der Waals surface area contributed by atoms with Gasteiger partial charge in [-0.15, -0.1) is 0 Å². The largest absolute Gasteiger partial charge is 3.00 e. The number of halogens is 5. The Kier molecular flexibility index (Phi) is 1230. The van der Waals surface area contributed by atoms with E-state index in [0.717, 1.165) is 0 Å². The summed E-state index contributed by atoms with van der Waals surface area (Å²) in [6.07, 6.45) is 0. The predicted octanol–water partition coefficient (Wildman–Crippen LogP) is -15.4. The Balaban J connectivity index is 0. The SMILES string of the molecule is [Ba+2].[Er+3].[F-].[F-].[F-].[F-].[F-]. The first-order chi connectivity index (χ1) is 0. The molecule has 0 aliphatic heterocycles. The molecule has 0 heterocycles. The van der Waals surface area contributed by atoms with E-state index >= 15 is 0 Å². The first-order valence-corrected chi connectivity index (χ1v) is 0. The molecule has 0 spiro atoms. The minimum atomic E-state index is 0. The Hall–Kier alpha value is 2.47. The van der Waals surface area contributed by atoms with Crippen LogP contribution in [0.2, 0.25) is 0 Å². The van der Waals surface area contributed by atoms with Gasteiger partial charge in [-0.3, -0.25) is 0 Å². The second-order valence-corrected chi connectivity index (χ2v) is 0. The van der Waals surface area contributed by atoms with Crippen molar-refractivity contribution in [1.82, 2.24) is 0 Å². The Bertz CT molecular complexity index is 8.04. The van der Waals surface area contributed by atoms with Crippen molar-refractivity contribution in [2.75, 3.05) is 0 Å². The average molecular weight is 400 g/mol. The Morgan fingerprint density at radius 2 is 0.429 bits per heavy atom. The van der Waals surface area contributed by atoms with Crippen molar-refractivity contribution in [3.63, 3.8) is 0 Å². The van der Waals surface area contributed by atoms with Gasteiger partial charge in [-0.25, -0.2) is 0 Å². The summed E-state index contributed by atoms with van der Waals surface area (Å²) in [6.45, 7) is 0. The Morgan fingerprint density at radius 1 is 0.429 bits per heavy atom. The zero-order chi connectivity index (χ0) is 0. The van der Waals surface area contributed by atoms with E-state index in [1.165, 1.54) is 0 Å². The van der Waals surface area contributed by atoms with Gasteiger partial charge in [-0.05, 0) is 0 Å². The van der Waals surface area contributed by atoms with Crippen LogP contribution in [0, 0.1) is 37.3 Å². The van der Waals surface area contributed by atoms with Crippen LogP contribution < -0.4 is 23.5 Å². The molecule has 0 saturated heterocycles. The Morgan fingerprint density at radius 3 is 0.429 bits per heavy atom. The first kappa shape index (κ1) is 111. The quantitative estimate of drug-likeness (QED) is 0.280. The van der Waals surface area contributed by atoms with E-state index in [0.29, 0.717) is 0 Å².